The molecule has 1 unspecified atom stereocenters. The minimum Gasteiger partial charge on any atom is -0.358 e. The van der Waals surface area contributed by atoms with Crippen LogP contribution < -0.4 is 5.32 Å². The van der Waals surface area contributed by atoms with Gasteiger partial charge in [-0.05, 0) is 18.6 Å². The number of rotatable bonds is 1. The van der Waals surface area contributed by atoms with Crippen molar-refractivity contribution in [3.63, 3.8) is 0 Å². The van der Waals surface area contributed by atoms with Crippen molar-refractivity contribution >= 4 is 33.7 Å². The molecule has 1 N–H and O–H groups in total. The van der Waals surface area contributed by atoms with Gasteiger partial charge in [0.15, 0.2) is 5.58 Å². The van der Waals surface area contributed by atoms with Gasteiger partial charge in [-0.15, -0.1) is 0 Å². The Hall–Kier alpha value is -2.07. The van der Waals surface area contributed by atoms with Crippen LogP contribution in [0.3, 0.4) is 0 Å². The summed E-state index contributed by atoms with van der Waals surface area (Å²) >= 11 is 0. The van der Waals surface area contributed by atoms with E-state index in [2.05, 4.69) is 15.5 Å². The molecule has 118 valence electrons. The number of imide groups is 1. The number of nitrogens with zero attached hydrogens (tertiary/aromatic N) is 2. The van der Waals surface area contributed by atoms with E-state index in [1.807, 2.05) is 24.3 Å². The van der Waals surface area contributed by atoms with Gasteiger partial charge in [-0.25, -0.2) is 0 Å². The predicted octanol–water partition coefficient (Wildman–Crippen LogP) is 2.34. The summed E-state index contributed by atoms with van der Waals surface area (Å²) in [7, 11) is 0. The van der Waals surface area contributed by atoms with E-state index in [1.54, 1.807) is 6.20 Å². The molecule has 1 fully saturated rings. The second-order valence-electron chi connectivity index (χ2n) is 5.12. The SMILES string of the molecule is O=C1CCC(c2noc3cc4ncccc4cc23)C(=O)N1.[CH3-].[W]. The van der Waals surface area contributed by atoms with Crippen LogP contribution in [0, 0.1) is 7.43 Å². The number of piperidine rings is 1. The van der Waals surface area contributed by atoms with E-state index >= 15 is 0 Å². The van der Waals surface area contributed by atoms with Gasteiger partial charge in [0.05, 0.1) is 11.4 Å². The average molecular weight is 480 g/mol. The van der Waals surface area contributed by atoms with Crippen LogP contribution in [0.4, 0.5) is 0 Å². The third-order valence-electron chi connectivity index (χ3n) is 3.79. The molecule has 2 aromatic heterocycles. The Morgan fingerprint density at radius 1 is 1.26 bits per heavy atom. The molecule has 6 nitrogen and oxygen atoms in total. The first-order valence-corrected chi connectivity index (χ1v) is 6.70. The second-order valence-corrected chi connectivity index (χ2v) is 5.12. The molecule has 3 heterocycles. The fraction of sp³-hybridized carbons (Fsp3) is 0.188. The van der Waals surface area contributed by atoms with Crippen molar-refractivity contribution in [3.8, 4) is 0 Å². The molecule has 1 aliphatic heterocycles. The zero-order valence-corrected chi connectivity index (χ0v) is 15.3. The van der Waals surface area contributed by atoms with E-state index in [4.69, 9.17) is 4.52 Å². The van der Waals surface area contributed by atoms with Crippen LogP contribution in [0.5, 0.6) is 0 Å². The van der Waals surface area contributed by atoms with Crippen molar-refractivity contribution in [2.75, 3.05) is 0 Å². The molecule has 3 aromatic rings. The maximum Gasteiger partial charge on any atom is 0.235 e. The Balaban J connectivity index is 0.000000960. The monoisotopic (exact) mass is 480 g/mol. The molecule has 0 radical (unpaired) electrons. The molecule has 2 amide bonds. The fourth-order valence-corrected chi connectivity index (χ4v) is 2.73. The number of carbonyl (C=O) groups excluding carboxylic acids is 2. The van der Waals surface area contributed by atoms with Crippen LogP contribution in [0.15, 0.2) is 35.0 Å². The first-order valence-electron chi connectivity index (χ1n) is 6.70. The summed E-state index contributed by atoms with van der Waals surface area (Å²) in [6, 6.07) is 7.54. The zero-order chi connectivity index (χ0) is 14.4. The first kappa shape index (κ1) is 17.3. The summed E-state index contributed by atoms with van der Waals surface area (Å²) in [5.41, 5.74) is 2.00. The molecule has 0 saturated carbocycles. The van der Waals surface area contributed by atoms with E-state index in [9.17, 15) is 9.59 Å². The average Bonchev–Trinajstić information content (AvgIpc) is 2.88. The van der Waals surface area contributed by atoms with Crippen LogP contribution in [-0.4, -0.2) is 22.0 Å². The number of hydrogen-bond donors (Lipinski definition) is 1. The van der Waals surface area contributed by atoms with Crippen LogP contribution in [0.1, 0.15) is 24.5 Å². The van der Waals surface area contributed by atoms with Gasteiger partial charge >= 0.3 is 0 Å². The molecular weight excluding hydrogens is 466 g/mol. The maximum absolute atomic E-state index is 12.0. The normalized spacial score (nSPS) is 17.5. The number of aromatic nitrogens is 2. The molecular formula is C16H14N3O3W-. The molecule has 4 rings (SSSR count). The topological polar surface area (TPSA) is 85.1 Å². The van der Waals surface area contributed by atoms with Gasteiger partial charge in [0, 0.05) is 50.5 Å². The number of hydrogen-bond acceptors (Lipinski definition) is 5. The van der Waals surface area contributed by atoms with Crippen molar-refractivity contribution in [2.24, 2.45) is 0 Å². The summed E-state index contributed by atoms with van der Waals surface area (Å²) in [5, 5.41) is 8.15. The van der Waals surface area contributed by atoms with Gasteiger partial charge in [0.25, 0.3) is 0 Å². The van der Waals surface area contributed by atoms with Crippen molar-refractivity contribution in [1.29, 1.82) is 0 Å². The van der Waals surface area contributed by atoms with Crippen molar-refractivity contribution in [1.82, 2.24) is 15.5 Å². The van der Waals surface area contributed by atoms with Gasteiger partial charge in [0.1, 0.15) is 5.69 Å². The standard InChI is InChI=1S/C15H11N3O3.CH3.W/c19-13-4-3-9(15(20)17-13)14-10-6-8-2-1-5-16-11(8)7-12(10)21-18-14;;/h1-2,5-7,9H,3-4H2,(H,17,19,20);1H3;/q;-1;. The Bertz CT molecular complexity index is 891. The third kappa shape index (κ3) is 2.91. The molecule has 0 aliphatic carbocycles. The van der Waals surface area contributed by atoms with Crippen molar-refractivity contribution < 1.29 is 35.2 Å². The van der Waals surface area contributed by atoms with E-state index in [0.29, 0.717) is 24.1 Å². The molecule has 1 atom stereocenters. The van der Waals surface area contributed by atoms with Crippen molar-refractivity contribution in [2.45, 2.75) is 18.8 Å². The van der Waals surface area contributed by atoms with Gasteiger partial charge in [0.2, 0.25) is 11.8 Å². The molecule has 1 aromatic carbocycles. The van der Waals surface area contributed by atoms with Gasteiger partial charge in [-0.1, -0.05) is 11.2 Å². The summed E-state index contributed by atoms with van der Waals surface area (Å²) in [6.07, 6.45) is 2.49. The largest absolute Gasteiger partial charge is 0.358 e. The van der Waals surface area contributed by atoms with Crippen LogP contribution >= 0.6 is 0 Å². The van der Waals surface area contributed by atoms with Crippen LogP contribution in [-0.2, 0) is 30.7 Å². The zero-order valence-electron chi connectivity index (χ0n) is 12.4. The van der Waals surface area contributed by atoms with E-state index in [1.165, 1.54) is 0 Å². The number of carbonyl (C=O) groups is 2. The molecule has 0 bridgehead atoms. The molecule has 0 spiro atoms. The smallest absolute Gasteiger partial charge is 0.235 e. The Morgan fingerprint density at radius 3 is 2.87 bits per heavy atom. The molecule has 7 heteroatoms. The summed E-state index contributed by atoms with van der Waals surface area (Å²) in [4.78, 5) is 27.5. The number of benzene rings is 1. The maximum atomic E-state index is 12.0. The Labute approximate surface area is 146 Å². The van der Waals surface area contributed by atoms with Gasteiger partial charge < -0.3 is 11.9 Å². The first-order chi connectivity index (χ1) is 10.2. The Kier molecular flexibility index (Phi) is 4.95. The van der Waals surface area contributed by atoms with Gasteiger partial charge in [-0.2, -0.15) is 0 Å². The van der Waals surface area contributed by atoms with E-state index in [0.717, 1.165) is 16.3 Å². The third-order valence-corrected chi connectivity index (χ3v) is 3.79. The van der Waals surface area contributed by atoms with Crippen LogP contribution in [0.2, 0.25) is 0 Å². The van der Waals surface area contributed by atoms with Crippen LogP contribution in [0.25, 0.3) is 21.9 Å². The van der Waals surface area contributed by atoms with E-state index in [-0.39, 0.29) is 40.3 Å². The minimum absolute atomic E-state index is 0. The van der Waals surface area contributed by atoms with E-state index < -0.39 is 5.92 Å². The van der Waals surface area contributed by atoms with Crippen molar-refractivity contribution in [3.05, 3.63) is 43.6 Å². The second kappa shape index (κ2) is 6.58. The van der Waals surface area contributed by atoms with Gasteiger partial charge in [-0.3, -0.25) is 19.9 Å². The number of nitrogens with one attached hydrogen (secondary N) is 1. The number of fused-ring (bicyclic) bond motifs is 2. The molecule has 1 saturated heterocycles. The fourth-order valence-electron chi connectivity index (χ4n) is 2.73. The number of pyridine rings is 1. The minimum atomic E-state index is -0.446. The molecule has 1 aliphatic rings. The summed E-state index contributed by atoms with van der Waals surface area (Å²) in [5.74, 6) is -0.996. The summed E-state index contributed by atoms with van der Waals surface area (Å²) in [6.45, 7) is 0. The quantitative estimate of drug-likeness (QED) is 0.427. The Morgan fingerprint density at radius 2 is 2.09 bits per heavy atom. The number of amides is 2. The summed E-state index contributed by atoms with van der Waals surface area (Å²) < 4.78 is 5.33. The molecule has 23 heavy (non-hydrogen) atoms. The predicted molar refractivity (Wildman–Crippen MR) is 80.8 cm³/mol.